The summed E-state index contributed by atoms with van der Waals surface area (Å²) in [6.07, 6.45) is 1.65. The molecule has 2 heterocycles. The summed E-state index contributed by atoms with van der Waals surface area (Å²) in [6.45, 7) is 4.08. The van der Waals surface area contributed by atoms with Crippen molar-refractivity contribution in [3.05, 3.63) is 102 Å². The third-order valence-corrected chi connectivity index (χ3v) is 7.65. The van der Waals surface area contributed by atoms with E-state index >= 15 is 0 Å². The van der Waals surface area contributed by atoms with Gasteiger partial charge in [-0.05, 0) is 67.6 Å². The summed E-state index contributed by atoms with van der Waals surface area (Å²) < 4.78 is 30.6. The van der Waals surface area contributed by atoms with Crippen LogP contribution in [0.3, 0.4) is 0 Å². The van der Waals surface area contributed by atoms with Gasteiger partial charge in [0.15, 0.2) is 17.3 Å². The third-order valence-electron chi connectivity index (χ3n) is 7.65. The van der Waals surface area contributed by atoms with E-state index in [0.717, 1.165) is 35.1 Å². The molecule has 1 N–H and O–H groups in total. The Hall–Kier alpha value is -4.98. The Kier molecular flexibility index (Phi) is 7.20. The molecule has 3 aromatic carbocycles. The number of hydrogen-bond acceptors (Lipinski definition) is 7. The van der Waals surface area contributed by atoms with E-state index in [0.29, 0.717) is 40.8 Å². The van der Waals surface area contributed by atoms with Crippen molar-refractivity contribution in [3.63, 3.8) is 0 Å². The molecule has 0 saturated heterocycles. The molecular formula is C34H30FN3O4. The summed E-state index contributed by atoms with van der Waals surface area (Å²) in [5.41, 5.74) is 5.94. The average Bonchev–Trinajstić information content (AvgIpc) is 3.76. The Bertz CT molecular complexity index is 1740. The third kappa shape index (κ3) is 5.00. The van der Waals surface area contributed by atoms with E-state index in [4.69, 9.17) is 19.0 Å². The predicted octanol–water partition coefficient (Wildman–Crippen LogP) is 7.87. The Morgan fingerprint density at radius 1 is 0.952 bits per heavy atom. The first-order valence-electron chi connectivity index (χ1n) is 13.9. The number of anilines is 2. The van der Waals surface area contributed by atoms with Crippen molar-refractivity contribution in [2.75, 3.05) is 19.0 Å². The van der Waals surface area contributed by atoms with Crippen LogP contribution in [-0.4, -0.2) is 29.8 Å². The summed E-state index contributed by atoms with van der Waals surface area (Å²) in [4.78, 5) is 17.1. The molecule has 8 heteroatoms. The molecule has 5 aromatic rings. The van der Waals surface area contributed by atoms with Crippen molar-refractivity contribution in [3.8, 4) is 39.5 Å². The Morgan fingerprint density at radius 3 is 2.29 bits per heavy atom. The fraction of sp³-hybridized carbons (Fsp3) is 0.206. The molecule has 1 saturated carbocycles. The van der Waals surface area contributed by atoms with Crippen LogP contribution in [0.5, 0.6) is 5.75 Å². The SMILES string of the molecule is CCOC(=O)C1(c2ccc(-c3ccc(-c4onc(C)c4Nc4cccc(-c5cccc(F)c5OC)n4)cc3)cc2)CC1. The van der Waals surface area contributed by atoms with Crippen LogP contribution in [0, 0.1) is 12.7 Å². The van der Waals surface area contributed by atoms with Crippen LogP contribution in [0.15, 0.2) is 89.5 Å². The first kappa shape index (κ1) is 27.2. The molecule has 42 heavy (non-hydrogen) atoms. The number of carbonyl (C=O) groups is 1. The maximum absolute atomic E-state index is 14.3. The molecule has 212 valence electrons. The van der Waals surface area contributed by atoms with Crippen molar-refractivity contribution >= 4 is 17.5 Å². The van der Waals surface area contributed by atoms with Crippen LogP contribution in [0.25, 0.3) is 33.7 Å². The molecule has 0 atom stereocenters. The largest absolute Gasteiger partial charge is 0.493 e. The van der Waals surface area contributed by atoms with Gasteiger partial charge in [-0.15, -0.1) is 0 Å². The van der Waals surface area contributed by atoms with Gasteiger partial charge in [-0.3, -0.25) is 4.79 Å². The van der Waals surface area contributed by atoms with Gasteiger partial charge in [-0.25, -0.2) is 9.37 Å². The molecule has 1 aliphatic carbocycles. The van der Waals surface area contributed by atoms with Crippen LogP contribution in [0.1, 0.15) is 31.0 Å². The smallest absolute Gasteiger partial charge is 0.316 e. The fourth-order valence-electron chi connectivity index (χ4n) is 5.22. The minimum absolute atomic E-state index is 0.135. The number of pyridine rings is 1. The maximum Gasteiger partial charge on any atom is 0.316 e. The molecular weight excluding hydrogens is 533 g/mol. The Morgan fingerprint density at radius 2 is 1.62 bits per heavy atom. The van der Waals surface area contributed by atoms with Gasteiger partial charge in [0, 0.05) is 11.1 Å². The van der Waals surface area contributed by atoms with Gasteiger partial charge in [0.25, 0.3) is 0 Å². The molecule has 0 radical (unpaired) electrons. The molecule has 6 rings (SSSR count). The van der Waals surface area contributed by atoms with E-state index in [1.165, 1.54) is 13.2 Å². The lowest BCUT2D eigenvalue weighted by atomic mass is 9.93. The van der Waals surface area contributed by atoms with E-state index in [1.54, 1.807) is 18.2 Å². The summed E-state index contributed by atoms with van der Waals surface area (Å²) in [7, 11) is 1.44. The van der Waals surface area contributed by atoms with Crippen molar-refractivity contribution in [2.24, 2.45) is 0 Å². The second-order valence-electron chi connectivity index (χ2n) is 10.3. The highest BCUT2D eigenvalue weighted by molar-refractivity contribution is 5.87. The number of ether oxygens (including phenoxy) is 2. The topological polar surface area (TPSA) is 86.5 Å². The first-order chi connectivity index (χ1) is 20.4. The number of nitrogens with one attached hydrogen (secondary N) is 1. The first-order valence-corrected chi connectivity index (χ1v) is 13.9. The number of aromatic nitrogens is 2. The molecule has 0 aliphatic heterocycles. The van der Waals surface area contributed by atoms with Crippen LogP contribution < -0.4 is 10.1 Å². The summed E-state index contributed by atoms with van der Waals surface area (Å²) >= 11 is 0. The zero-order chi connectivity index (χ0) is 29.3. The molecule has 7 nitrogen and oxygen atoms in total. The molecule has 1 fully saturated rings. The second-order valence-corrected chi connectivity index (χ2v) is 10.3. The van der Waals surface area contributed by atoms with Gasteiger partial charge in [0.2, 0.25) is 0 Å². The summed E-state index contributed by atoms with van der Waals surface area (Å²) in [6, 6.07) is 26.4. The monoisotopic (exact) mass is 563 g/mol. The molecule has 0 unspecified atom stereocenters. The molecule has 0 amide bonds. The minimum atomic E-state index is -0.482. The Labute approximate surface area is 243 Å². The van der Waals surface area contributed by atoms with Gasteiger partial charge in [-0.2, -0.15) is 0 Å². The minimum Gasteiger partial charge on any atom is -0.493 e. The number of aryl methyl sites for hydroxylation is 1. The molecule has 2 aromatic heterocycles. The lowest BCUT2D eigenvalue weighted by Crippen LogP contribution is -2.23. The Balaban J connectivity index is 1.23. The van der Waals surface area contributed by atoms with Gasteiger partial charge in [-0.1, -0.05) is 65.8 Å². The lowest BCUT2D eigenvalue weighted by Gasteiger charge is -2.14. The van der Waals surface area contributed by atoms with Crippen LogP contribution in [-0.2, 0) is 14.9 Å². The number of carbonyl (C=O) groups excluding carboxylic acids is 1. The number of methoxy groups -OCH3 is 1. The number of hydrogen-bond donors (Lipinski definition) is 1. The summed E-state index contributed by atoms with van der Waals surface area (Å²) in [5.74, 6) is 0.693. The highest BCUT2D eigenvalue weighted by Gasteiger charge is 2.52. The van der Waals surface area contributed by atoms with Crippen LogP contribution in [0.4, 0.5) is 15.9 Å². The maximum atomic E-state index is 14.3. The highest BCUT2D eigenvalue weighted by atomic mass is 19.1. The quantitative estimate of drug-likeness (QED) is 0.183. The molecule has 0 spiro atoms. The van der Waals surface area contributed by atoms with E-state index in [2.05, 4.69) is 10.5 Å². The van der Waals surface area contributed by atoms with Crippen molar-refractivity contribution in [1.29, 1.82) is 0 Å². The second kappa shape index (κ2) is 11.1. The zero-order valence-corrected chi connectivity index (χ0v) is 23.6. The van der Waals surface area contributed by atoms with E-state index in [1.807, 2.05) is 74.5 Å². The van der Waals surface area contributed by atoms with Crippen LogP contribution in [0.2, 0.25) is 0 Å². The fourth-order valence-corrected chi connectivity index (χ4v) is 5.22. The van der Waals surface area contributed by atoms with E-state index in [-0.39, 0.29) is 11.7 Å². The van der Waals surface area contributed by atoms with Crippen molar-refractivity contribution in [1.82, 2.24) is 10.1 Å². The van der Waals surface area contributed by atoms with Crippen molar-refractivity contribution in [2.45, 2.75) is 32.1 Å². The van der Waals surface area contributed by atoms with Crippen LogP contribution >= 0.6 is 0 Å². The summed E-state index contributed by atoms with van der Waals surface area (Å²) in [5, 5.41) is 7.52. The van der Waals surface area contributed by atoms with Gasteiger partial charge in [0.05, 0.1) is 24.8 Å². The number of nitrogens with zero attached hydrogens (tertiary/aromatic N) is 2. The van der Waals surface area contributed by atoms with Crippen molar-refractivity contribution < 1.29 is 23.2 Å². The normalized spacial score (nSPS) is 13.4. The number of halogens is 1. The number of benzene rings is 3. The predicted molar refractivity (Wildman–Crippen MR) is 159 cm³/mol. The number of rotatable bonds is 9. The van der Waals surface area contributed by atoms with Gasteiger partial charge < -0.3 is 19.3 Å². The zero-order valence-electron chi connectivity index (χ0n) is 23.6. The number of para-hydroxylation sites is 1. The van der Waals surface area contributed by atoms with E-state index in [9.17, 15) is 9.18 Å². The van der Waals surface area contributed by atoms with E-state index < -0.39 is 11.2 Å². The average molecular weight is 564 g/mol. The molecule has 1 aliphatic rings. The van der Waals surface area contributed by atoms with Gasteiger partial charge >= 0.3 is 5.97 Å². The van der Waals surface area contributed by atoms with Gasteiger partial charge in [0.1, 0.15) is 17.2 Å². The lowest BCUT2D eigenvalue weighted by molar-refractivity contribution is -0.146. The number of esters is 1. The molecule has 0 bridgehead atoms. The highest BCUT2D eigenvalue weighted by Crippen LogP contribution is 2.49. The standard InChI is InChI=1S/C34H30FN3O4/c1-4-41-33(39)34(19-20-34)25-17-15-23(16-18-25)22-11-13-24(14-12-22)31-30(21(2)38-42-31)37-29-10-6-9-28(36-29)26-7-5-8-27(35)32(26)40-3/h5-18H,4,19-20H2,1-3H3,(H,36,37).